The van der Waals surface area contributed by atoms with Crippen molar-refractivity contribution in [2.24, 2.45) is 0 Å². The largest absolute Gasteiger partial charge is 0.458 e. The fraction of sp³-hybridized carbons (Fsp3) is 0.417. The Morgan fingerprint density at radius 2 is 2.00 bits per heavy atom. The van der Waals surface area contributed by atoms with Crippen LogP contribution in [0.25, 0.3) is 0 Å². The van der Waals surface area contributed by atoms with Crippen LogP contribution in [-0.2, 0) is 9.47 Å². The van der Waals surface area contributed by atoms with Crippen molar-refractivity contribution in [1.29, 1.82) is 0 Å². The minimum Gasteiger partial charge on any atom is -0.458 e. The summed E-state index contributed by atoms with van der Waals surface area (Å²) in [6, 6.07) is 1.33. The van der Waals surface area contributed by atoms with Crippen LogP contribution in [0.4, 0.5) is 14.5 Å². The Hall–Kier alpha value is -2.09. The monoisotopic (exact) mass is 287 g/mol. The van der Waals surface area contributed by atoms with E-state index in [4.69, 9.17) is 9.47 Å². The van der Waals surface area contributed by atoms with Gasteiger partial charge in [-0.15, -0.1) is 0 Å². The molecule has 0 spiro atoms. The number of ether oxygens (including phenoxy) is 2. The molecule has 8 heteroatoms. The fourth-order valence-corrected chi connectivity index (χ4v) is 1.87. The maximum atomic E-state index is 13.8. The lowest BCUT2D eigenvalue weighted by molar-refractivity contribution is -0.387. The number of hydrogen-bond acceptors (Lipinski definition) is 5. The normalized spacial score (nSPS) is 15.9. The summed E-state index contributed by atoms with van der Waals surface area (Å²) in [5, 5.41) is 10.6. The zero-order chi connectivity index (χ0) is 14.7. The van der Waals surface area contributed by atoms with Crippen LogP contribution < -0.4 is 0 Å². The molecule has 1 aliphatic rings. The van der Waals surface area contributed by atoms with E-state index in [0.717, 1.165) is 0 Å². The van der Waals surface area contributed by atoms with Crippen molar-refractivity contribution >= 4 is 11.7 Å². The van der Waals surface area contributed by atoms with Crippen molar-refractivity contribution in [3.8, 4) is 0 Å². The van der Waals surface area contributed by atoms with Crippen molar-refractivity contribution in [2.45, 2.75) is 18.9 Å². The van der Waals surface area contributed by atoms with E-state index in [1.54, 1.807) is 0 Å². The van der Waals surface area contributed by atoms with Crippen LogP contribution in [0.15, 0.2) is 12.1 Å². The van der Waals surface area contributed by atoms with Gasteiger partial charge in [-0.05, 0) is 6.07 Å². The Bertz CT molecular complexity index is 543. The van der Waals surface area contributed by atoms with Crippen molar-refractivity contribution < 1.29 is 28.0 Å². The number of benzene rings is 1. The van der Waals surface area contributed by atoms with Gasteiger partial charge in [-0.1, -0.05) is 0 Å². The molecule has 20 heavy (non-hydrogen) atoms. The molecule has 1 fully saturated rings. The van der Waals surface area contributed by atoms with Gasteiger partial charge in [0.25, 0.3) is 0 Å². The smallest absolute Gasteiger partial charge is 0.344 e. The van der Waals surface area contributed by atoms with Crippen LogP contribution in [0.3, 0.4) is 0 Å². The van der Waals surface area contributed by atoms with Crippen molar-refractivity contribution in [3.05, 3.63) is 39.4 Å². The fourth-order valence-electron chi connectivity index (χ4n) is 1.87. The molecule has 1 aromatic carbocycles. The van der Waals surface area contributed by atoms with Crippen LogP contribution in [0.2, 0.25) is 0 Å². The molecule has 1 saturated heterocycles. The predicted octanol–water partition coefficient (Wildman–Crippen LogP) is 2.21. The van der Waals surface area contributed by atoms with Gasteiger partial charge in [0.15, 0.2) is 0 Å². The van der Waals surface area contributed by atoms with Gasteiger partial charge in [0.1, 0.15) is 17.5 Å². The maximum absolute atomic E-state index is 13.8. The second-order valence-electron chi connectivity index (χ2n) is 4.23. The number of rotatable bonds is 3. The van der Waals surface area contributed by atoms with Crippen molar-refractivity contribution in [2.75, 3.05) is 13.2 Å². The summed E-state index contributed by atoms with van der Waals surface area (Å²) in [5.74, 6) is -3.95. The molecule has 108 valence electrons. The van der Waals surface area contributed by atoms with Gasteiger partial charge >= 0.3 is 11.7 Å². The molecule has 2 rings (SSSR count). The molecule has 0 amide bonds. The summed E-state index contributed by atoms with van der Waals surface area (Å²) in [6.07, 6.45) is 0.336. The number of esters is 1. The summed E-state index contributed by atoms with van der Waals surface area (Å²) < 4.78 is 37.3. The van der Waals surface area contributed by atoms with E-state index in [9.17, 15) is 23.7 Å². The first kappa shape index (κ1) is 14.3. The van der Waals surface area contributed by atoms with E-state index in [-0.39, 0.29) is 0 Å². The third kappa shape index (κ3) is 2.90. The molecule has 1 heterocycles. The first-order valence-electron chi connectivity index (χ1n) is 5.92. The van der Waals surface area contributed by atoms with Gasteiger partial charge in [0, 0.05) is 18.9 Å². The van der Waals surface area contributed by atoms with Gasteiger partial charge in [0.05, 0.1) is 18.1 Å². The number of carbonyl (C=O) groups is 1. The quantitative estimate of drug-likeness (QED) is 0.484. The first-order valence-corrected chi connectivity index (χ1v) is 5.92. The lowest BCUT2D eigenvalue weighted by atomic mass is 10.1. The molecule has 0 unspecified atom stereocenters. The van der Waals surface area contributed by atoms with E-state index >= 15 is 0 Å². The summed E-state index contributed by atoms with van der Waals surface area (Å²) >= 11 is 0. The van der Waals surface area contributed by atoms with Crippen molar-refractivity contribution in [1.82, 2.24) is 0 Å². The molecule has 1 aliphatic heterocycles. The summed E-state index contributed by atoms with van der Waals surface area (Å²) in [7, 11) is 0. The highest BCUT2D eigenvalue weighted by molar-refractivity contribution is 5.91. The van der Waals surface area contributed by atoms with Gasteiger partial charge in [-0.3, -0.25) is 10.1 Å². The molecule has 0 atom stereocenters. The zero-order valence-electron chi connectivity index (χ0n) is 10.3. The lowest BCUT2D eigenvalue weighted by Crippen LogP contribution is -2.27. The Kier molecular flexibility index (Phi) is 4.23. The van der Waals surface area contributed by atoms with Crippen LogP contribution in [-0.4, -0.2) is 30.2 Å². The zero-order valence-corrected chi connectivity index (χ0v) is 10.3. The Labute approximate surface area is 112 Å². The molecule has 1 aromatic rings. The topological polar surface area (TPSA) is 78.7 Å². The Balaban J connectivity index is 2.24. The Morgan fingerprint density at radius 1 is 1.35 bits per heavy atom. The van der Waals surface area contributed by atoms with E-state index < -0.39 is 39.9 Å². The molecule has 6 nitrogen and oxygen atoms in total. The van der Waals surface area contributed by atoms with Gasteiger partial charge < -0.3 is 9.47 Å². The molecule has 0 bridgehead atoms. The SMILES string of the molecule is O=C(OC1CCOCC1)c1c(F)ccc([N+](=O)[O-])c1F. The minimum absolute atomic E-state index is 0.387. The number of nitrogens with zero attached hydrogens (tertiary/aromatic N) is 1. The van der Waals surface area contributed by atoms with E-state index in [2.05, 4.69) is 0 Å². The number of halogens is 2. The predicted molar refractivity (Wildman–Crippen MR) is 62.3 cm³/mol. The highest BCUT2D eigenvalue weighted by Gasteiger charge is 2.29. The second kappa shape index (κ2) is 5.91. The van der Waals surface area contributed by atoms with Crippen LogP contribution >= 0.6 is 0 Å². The molecule has 0 radical (unpaired) electrons. The van der Waals surface area contributed by atoms with Crippen LogP contribution in [0.5, 0.6) is 0 Å². The third-order valence-corrected chi connectivity index (χ3v) is 2.91. The van der Waals surface area contributed by atoms with Gasteiger partial charge in [-0.2, -0.15) is 4.39 Å². The highest BCUT2D eigenvalue weighted by atomic mass is 19.1. The lowest BCUT2D eigenvalue weighted by Gasteiger charge is -2.22. The number of nitro benzene ring substituents is 1. The molecule has 0 saturated carbocycles. The van der Waals surface area contributed by atoms with Crippen molar-refractivity contribution in [3.63, 3.8) is 0 Å². The average Bonchev–Trinajstić information content (AvgIpc) is 2.39. The number of nitro groups is 1. The van der Waals surface area contributed by atoms with Gasteiger partial charge in [-0.25, -0.2) is 9.18 Å². The molecular formula is C12H11F2NO5. The number of hydrogen-bond donors (Lipinski definition) is 0. The molecule has 0 aliphatic carbocycles. The summed E-state index contributed by atoms with van der Waals surface area (Å²) in [5.41, 5.74) is -2.00. The van der Waals surface area contributed by atoms with Crippen LogP contribution in [0, 0.1) is 21.7 Å². The minimum atomic E-state index is -1.52. The third-order valence-electron chi connectivity index (χ3n) is 2.91. The van der Waals surface area contributed by atoms with Crippen LogP contribution in [0.1, 0.15) is 23.2 Å². The van der Waals surface area contributed by atoms with Gasteiger partial charge in [0.2, 0.25) is 5.82 Å². The molecule has 0 N–H and O–H groups in total. The maximum Gasteiger partial charge on any atom is 0.344 e. The molecular weight excluding hydrogens is 276 g/mol. The highest BCUT2D eigenvalue weighted by Crippen LogP contribution is 2.24. The number of carbonyl (C=O) groups excluding carboxylic acids is 1. The second-order valence-corrected chi connectivity index (χ2v) is 4.23. The van der Waals surface area contributed by atoms with E-state index in [1.165, 1.54) is 0 Å². The Morgan fingerprint density at radius 3 is 2.60 bits per heavy atom. The van der Waals surface area contributed by atoms with E-state index in [1.807, 2.05) is 0 Å². The first-order chi connectivity index (χ1) is 9.50. The summed E-state index contributed by atoms with van der Waals surface area (Å²) in [6.45, 7) is 0.774. The average molecular weight is 287 g/mol. The molecule has 0 aromatic heterocycles. The summed E-state index contributed by atoms with van der Waals surface area (Å²) in [4.78, 5) is 21.3. The van der Waals surface area contributed by atoms with E-state index in [0.29, 0.717) is 38.2 Å². The standard InChI is InChI=1S/C12H11F2NO5/c13-8-1-2-9(15(17)18)11(14)10(8)12(16)20-7-3-5-19-6-4-7/h1-2,7H,3-6H2.